The van der Waals surface area contributed by atoms with E-state index in [0.29, 0.717) is 18.9 Å². The van der Waals surface area contributed by atoms with Crippen molar-refractivity contribution in [2.24, 2.45) is 11.7 Å². The van der Waals surface area contributed by atoms with Gasteiger partial charge >= 0.3 is 5.97 Å². The maximum absolute atomic E-state index is 11.4. The van der Waals surface area contributed by atoms with Gasteiger partial charge in [0.25, 0.3) is 0 Å². The fraction of sp³-hybridized carbons (Fsp3) is 0.409. The molecule has 1 heterocycles. The zero-order valence-corrected chi connectivity index (χ0v) is 15.5. The Morgan fingerprint density at radius 3 is 2.04 bits per heavy atom. The summed E-state index contributed by atoms with van der Waals surface area (Å²) >= 11 is 0. The predicted octanol–water partition coefficient (Wildman–Crippen LogP) is 3.59. The standard InChI is InChI=1S/C22H28N2O2/c1-26-22(25)14-17-10-12-24(13-11-17)16-19-4-8-21(9-5-19)20-6-2-18(15-23)3-7-20/h2-9,17H,10-16,23H2,1H3. The van der Waals surface area contributed by atoms with Gasteiger partial charge in [-0.05, 0) is 54.1 Å². The number of esters is 1. The van der Waals surface area contributed by atoms with Crippen LogP contribution in [0, 0.1) is 5.92 Å². The lowest BCUT2D eigenvalue weighted by atomic mass is 9.93. The van der Waals surface area contributed by atoms with Crippen molar-refractivity contribution in [3.05, 3.63) is 59.7 Å². The van der Waals surface area contributed by atoms with Crippen LogP contribution in [0.1, 0.15) is 30.4 Å². The molecule has 0 bridgehead atoms. The number of likely N-dealkylation sites (tertiary alicyclic amines) is 1. The molecule has 2 N–H and O–H groups in total. The minimum atomic E-state index is -0.0847. The van der Waals surface area contributed by atoms with Crippen LogP contribution in [-0.4, -0.2) is 31.1 Å². The largest absolute Gasteiger partial charge is 0.469 e. The normalized spacial score (nSPS) is 15.8. The molecule has 4 heteroatoms. The van der Waals surface area contributed by atoms with Gasteiger partial charge in [-0.1, -0.05) is 48.5 Å². The molecule has 1 fully saturated rings. The lowest BCUT2D eigenvalue weighted by Gasteiger charge is -2.31. The highest BCUT2D eigenvalue weighted by Crippen LogP contribution is 2.24. The minimum Gasteiger partial charge on any atom is -0.469 e. The van der Waals surface area contributed by atoms with Gasteiger partial charge in [-0.2, -0.15) is 0 Å². The third kappa shape index (κ3) is 4.93. The Kier molecular flexibility index (Phi) is 6.42. The average molecular weight is 352 g/mol. The number of benzene rings is 2. The van der Waals surface area contributed by atoms with Crippen LogP contribution in [0.2, 0.25) is 0 Å². The second kappa shape index (κ2) is 8.97. The van der Waals surface area contributed by atoms with Gasteiger partial charge < -0.3 is 10.5 Å². The van der Waals surface area contributed by atoms with Crippen molar-refractivity contribution in [2.75, 3.05) is 20.2 Å². The lowest BCUT2D eigenvalue weighted by Crippen LogP contribution is -2.34. The molecule has 0 aliphatic carbocycles. The van der Waals surface area contributed by atoms with E-state index < -0.39 is 0 Å². The summed E-state index contributed by atoms with van der Waals surface area (Å²) in [6.07, 6.45) is 2.70. The lowest BCUT2D eigenvalue weighted by molar-refractivity contribution is -0.142. The second-order valence-corrected chi connectivity index (χ2v) is 7.10. The zero-order chi connectivity index (χ0) is 18.4. The van der Waals surface area contributed by atoms with E-state index in [9.17, 15) is 4.79 Å². The summed E-state index contributed by atoms with van der Waals surface area (Å²) in [6, 6.07) is 17.2. The van der Waals surface area contributed by atoms with E-state index in [2.05, 4.69) is 53.4 Å². The SMILES string of the molecule is COC(=O)CC1CCN(Cc2ccc(-c3ccc(CN)cc3)cc2)CC1. The van der Waals surface area contributed by atoms with Gasteiger partial charge in [0.2, 0.25) is 0 Å². The molecule has 26 heavy (non-hydrogen) atoms. The molecule has 1 aliphatic heterocycles. The number of rotatable bonds is 6. The Hall–Kier alpha value is -2.17. The molecule has 0 atom stereocenters. The summed E-state index contributed by atoms with van der Waals surface area (Å²) in [5.74, 6) is 0.385. The molecule has 2 aromatic carbocycles. The van der Waals surface area contributed by atoms with E-state index in [1.54, 1.807) is 0 Å². The highest BCUT2D eigenvalue weighted by Gasteiger charge is 2.21. The highest BCUT2D eigenvalue weighted by molar-refractivity contribution is 5.69. The zero-order valence-electron chi connectivity index (χ0n) is 15.5. The summed E-state index contributed by atoms with van der Waals surface area (Å²) in [5.41, 5.74) is 10.6. The molecule has 138 valence electrons. The van der Waals surface area contributed by atoms with E-state index in [0.717, 1.165) is 38.0 Å². The summed E-state index contributed by atoms with van der Waals surface area (Å²) in [7, 11) is 1.47. The van der Waals surface area contributed by atoms with Crippen LogP contribution in [0.15, 0.2) is 48.5 Å². The van der Waals surface area contributed by atoms with Crippen molar-refractivity contribution in [3.8, 4) is 11.1 Å². The number of nitrogens with two attached hydrogens (primary N) is 1. The fourth-order valence-electron chi connectivity index (χ4n) is 3.56. The molecule has 0 aromatic heterocycles. The number of piperidine rings is 1. The summed E-state index contributed by atoms with van der Waals surface area (Å²) in [5, 5.41) is 0. The molecule has 2 aromatic rings. The summed E-state index contributed by atoms with van der Waals surface area (Å²) < 4.78 is 4.78. The van der Waals surface area contributed by atoms with Crippen molar-refractivity contribution >= 4 is 5.97 Å². The number of nitrogens with zero attached hydrogens (tertiary/aromatic N) is 1. The third-order valence-corrected chi connectivity index (χ3v) is 5.27. The van der Waals surface area contributed by atoms with Gasteiger partial charge in [0, 0.05) is 19.5 Å². The summed E-state index contributed by atoms with van der Waals surface area (Å²) in [4.78, 5) is 13.9. The van der Waals surface area contributed by atoms with Crippen LogP contribution in [0.3, 0.4) is 0 Å². The van der Waals surface area contributed by atoms with Gasteiger partial charge in [-0.3, -0.25) is 9.69 Å². The smallest absolute Gasteiger partial charge is 0.305 e. The van der Waals surface area contributed by atoms with Gasteiger partial charge in [-0.15, -0.1) is 0 Å². The van der Waals surface area contributed by atoms with E-state index in [-0.39, 0.29) is 5.97 Å². The third-order valence-electron chi connectivity index (χ3n) is 5.27. The molecular weight excluding hydrogens is 324 g/mol. The van der Waals surface area contributed by atoms with Crippen LogP contribution in [0.25, 0.3) is 11.1 Å². The van der Waals surface area contributed by atoms with E-state index in [4.69, 9.17) is 10.5 Å². The van der Waals surface area contributed by atoms with Gasteiger partial charge in [0.1, 0.15) is 0 Å². The van der Waals surface area contributed by atoms with Gasteiger partial charge in [-0.25, -0.2) is 0 Å². The molecule has 0 unspecified atom stereocenters. The number of carbonyl (C=O) groups is 1. The monoisotopic (exact) mass is 352 g/mol. The Morgan fingerprint density at radius 1 is 1.00 bits per heavy atom. The van der Waals surface area contributed by atoms with Crippen LogP contribution in [0.4, 0.5) is 0 Å². The maximum Gasteiger partial charge on any atom is 0.305 e. The topological polar surface area (TPSA) is 55.6 Å². The van der Waals surface area contributed by atoms with E-state index >= 15 is 0 Å². The first kappa shape index (κ1) is 18.6. The van der Waals surface area contributed by atoms with Gasteiger partial charge in [0.05, 0.1) is 7.11 Å². The van der Waals surface area contributed by atoms with Crippen molar-refractivity contribution in [2.45, 2.75) is 32.4 Å². The van der Waals surface area contributed by atoms with Gasteiger partial charge in [0.15, 0.2) is 0 Å². The molecular formula is C22H28N2O2. The molecule has 0 saturated carbocycles. The molecule has 0 amide bonds. The Balaban J connectivity index is 1.52. The Morgan fingerprint density at radius 2 is 1.54 bits per heavy atom. The number of carbonyl (C=O) groups excluding carboxylic acids is 1. The van der Waals surface area contributed by atoms with Crippen LogP contribution in [0.5, 0.6) is 0 Å². The average Bonchev–Trinajstić information content (AvgIpc) is 2.70. The van der Waals surface area contributed by atoms with E-state index in [1.807, 2.05) is 0 Å². The molecule has 0 radical (unpaired) electrons. The highest BCUT2D eigenvalue weighted by atomic mass is 16.5. The number of ether oxygens (including phenoxy) is 1. The number of methoxy groups -OCH3 is 1. The quantitative estimate of drug-likeness (QED) is 0.807. The number of hydrogen-bond donors (Lipinski definition) is 1. The van der Waals surface area contributed by atoms with Crippen LogP contribution in [-0.2, 0) is 22.6 Å². The van der Waals surface area contributed by atoms with Crippen molar-refractivity contribution in [1.29, 1.82) is 0 Å². The molecule has 1 saturated heterocycles. The first-order valence-electron chi connectivity index (χ1n) is 9.35. The van der Waals surface area contributed by atoms with Crippen LogP contribution >= 0.6 is 0 Å². The minimum absolute atomic E-state index is 0.0847. The molecule has 0 spiro atoms. The van der Waals surface area contributed by atoms with Crippen molar-refractivity contribution in [1.82, 2.24) is 4.90 Å². The number of hydrogen-bond acceptors (Lipinski definition) is 4. The predicted molar refractivity (Wildman–Crippen MR) is 104 cm³/mol. The molecule has 1 aliphatic rings. The first-order valence-corrected chi connectivity index (χ1v) is 9.35. The molecule has 3 rings (SSSR count). The Bertz CT molecular complexity index is 702. The van der Waals surface area contributed by atoms with Crippen molar-refractivity contribution in [3.63, 3.8) is 0 Å². The van der Waals surface area contributed by atoms with E-state index in [1.165, 1.54) is 23.8 Å². The Labute approximate surface area is 156 Å². The summed E-state index contributed by atoms with van der Waals surface area (Å²) in [6.45, 7) is 3.64. The van der Waals surface area contributed by atoms with Crippen LogP contribution < -0.4 is 5.73 Å². The van der Waals surface area contributed by atoms with Crippen molar-refractivity contribution < 1.29 is 9.53 Å². The maximum atomic E-state index is 11.4. The fourth-order valence-corrected chi connectivity index (χ4v) is 3.56. The second-order valence-electron chi connectivity index (χ2n) is 7.10. The first-order chi connectivity index (χ1) is 12.7. The molecule has 4 nitrogen and oxygen atoms in total.